The number of carbonyl (C=O) groups is 1. The molecule has 0 radical (unpaired) electrons. The van der Waals surface area contributed by atoms with Crippen molar-refractivity contribution >= 4 is 28.6 Å². The summed E-state index contributed by atoms with van der Waals surface area (Å²) < 4.78 is 6.91. The lowest BCUT2D eigenvalue weighted by Crippen LogP contribution is -2.36. The molecule has 0 aliphatic rings. The van der Waals surface area contributed by atoms with Crippen LogP contribution >= 0.6 is 11.8 Å². The van der Waals surface area contributed by atoms with Gasteiger partial charge >= 0.3 is 0 Å². The third kappa shape index (κ3) is 5.74. The Balaban J connectivity index is 1.64. The fourth-order valence-electron chi connectivity index (χ4n) is 3.91. The van der Waals surface area contributed by atoms with Crippen LogP contribution in [-0.4, -0.2) is 39.3 Å². The zero-order chi connectivity index (χ0) is 24.8. The Hall–Kier alpha value is -3.58. The van der Waals surface area contributed by atoms with Crippen LogP contribution in [0.4, 0.5) is 0 Å². The van der Waals surface area contributed by atoms with E-state index < -0.39 is 5.25 Å². The highest BCUT2D eigenvalue weighted by molar-refractivity contribution is 8.00. The molecule has 7 heteroatoms. The molecule has 1 heterocycles. The molecular weight excluding hydrogens is 458 g/mol. The highest BCUT2D eigenvalue weighted by atomic mass is 32.2. The monoisotopic (exact) mass is 487 g/mol. The molecule has 180 valence electrons. The molecule has 0 fully saturated rings. The summed E-state index contributed by atoms with van der Waals surface area (Å²) in [5, 5.41) is 0.679. The summed E-state index contributed by atoms with van der Waals surface area (Å²) in [5.41, 5.74) is 2.54. The largest absolute Gasteiger partial charge is 0.497 e. The van der Waals surface area contributed by atoms with Crippen LogP contribution in [-0.2, 0) is 17.9 Å². The van der Waals surface area contributed by atoms with Crippen molar-refractivity contribution in [1.29, 1.82) is 0 Å². The standard InChI is InChI=1S/C28H29N3O3S/c1-4-30(18-21-10-6-5-7-11-21)26(32)20(2)35-28-29-25-13-9-8-12-24(25)27(33)31(28)19-22-14-16-23(34-3)17-15-22/h5-17,20H,4,18-19H2,1-3H3. The number of hydrogen-bond donors (Lipinski definition) is 0. The van der Waals surface area contributed by atoms with Crippen LogP contribution in [0.3, 0.4) is 0 Å². The van der Waals surface area contributed by atoms with Crippen molar-refractivity contribution in [3.05, 3.63) is 100 Å². The van der Waals surface area contributed by atoms with Crippen molar-refractivity contribution in [2.24, 2.45) is 0 Å². The van der Waals surface area contributed by atoms with Gasteiger partial charge in [0.25, 0.3) is 5.56 Å². The van der Waals surface area contributed by atoms with Gasteiger partial charge in [-0.15, -0.1) is 0 Å². The molecule has 4 aromatic rings. The van der Waals surface area contributed by atoms with Crippen LogP contribution in [0.15, 0.2) is 88.8 Å². The maximum absolute atomic E-state index is 13.4. The number of methoxy groups -OCH3 is 1. The molecule has 0 saturated carbocycles. The van der Waals surface area contributed by atoms with Crippen molar-refractivity contribution in [2.75, 3.05) is 13.7 Å². The average Bonchev–Trinajstić information content (AvgIpc) is 2.90. The lowest BCUT2D eigenvalue weighted by atomic mass is 10.2. The van der Waals surface area contributed by atoms with E-state index in [-0.39, 0.29) is 11.5 Å². The maximum Gasteiger partial charge on any atom is 0.262 e. The number of para-hydroxylation sites is 1. The minimum atomic E-state index is -0.408. The van der Waals surface area contributed by atoms with Gasteiger partial charge in [0.2, 0.25) is 5.91 Å². The number of benzene rings is 3. The topological polar surface area (TPSA) is 64.4 Å². The van der Waals surface area contributed by atoms with Gasteiger partial charge in [-0.2, -0.15) is 0 Å². The van der Waals surface area contributed by atoms with E-state index in [9.17, 15) is 9.59 Å². The summed E-state index contributed by atoms with van der Waals surface area (Å²) in [5.74, 6) is 0.768. The lowest BCUT2D eigenvalue weighted by molar-refractivity contribution is -0.130. The Morgan fingerprint density at radius 2 is 1.69 bits per heavy atom. The zero-order valence-electron chi connectivity index (χ0n) is 20.2. The predicted molar refractivity (Wildman–Crippen MR) is 141 cm³/mol. The van der Waals surface area contributed by atoms with Gasteiger partial charge < -0.3 is 9.64 Å². The van der Waals surface area contributed by atoms with E-state index in [1.165, 1.54) is 11.8 Å². The second-order valence-electron chi connectivity index (χ2n) is 8.25. The number of fused-ring (bicyclic) bond motifs is 1. The number of carbonyl (C=O) groups excluding carboxylic acids is 1. The van der Waals surface area contributed by atoms with Crippen molar-refractivity contribution in [3.8, 4) is 5.75 Å². The second-order valence-corrected chi connectivity index (χ2v) is 9.56. The summed E-state index contributed by atoms with van der Waals surface area (Å²) in [6, 6.07) is 24.9. The molecule has 6 nitrogen and oxygen atoms in total. The van der Waals surface area contributed by atoms with Gasteiger partial charge in [-0.3, -0.25) is 14.2 Å². The fraction of sp³-hybridized carbons (Fsp3) is 0.250. The van der Waals surface area contributed by atoms with E-state index in [1.807, 2.05) is 91.5 Å². The second kappa shape index (κ2) is 11.2. The van der Waals surface area contributed by atoms with Crippen LogP contribution in [0.1, 0.15) is 25.0 Å². The molecule has 0 saturated heterocycles. The molecule has 0 aliphatic heterocycles. The van der Waals surface area contributed by atoms with Crippen molar-refractivity contribution in [1.82, 2.24) is 14.5 Å². The van der Waals surface area contributed by atoms with Crippen molar-refractivity contribution < 1.29 is 9.53 Å². The Bertz CT molecular complexity index is 1350. The van der Waals surface area contributed by atoms with E-state index in [2.05, 4.69) is 0 Å². The zero-order valence-corrected chi connectivity index (χ0v) is 21.0. The smallest absolute Gasteiger partial charge is 0.262 e. The molecule has 35 heavy (non-hydrogen) atoms. The fourth-order valence-corrected chi connectivity index (χ4v) is 4.90. The number of ether oxygens (including phenoxy) is 1. The third-order valence-corrected chi connectivity index (χ3v) is 6.94. The van der Waals surface area contributed by atoms with Crippen LogP contribution in [0.2, 0.25) is 0 Å². The minimum absolute atomic E-state index is 0.0137. The molecule has 0 spiro atoms. The molecule has 1 amide bonds. The first kappa shape index (κ1) is 24.5. The number of amides is 1. The van der Waals surface area contributed by atoms with Crippen LogP contribution in [0.25, 0.3) is 10.9 Å². The predicted octanol–water partition coefficient (Wildman–Crippen LogP) is 4.98. The molecule has 0 bridgehead atoms. The van der Waals surface area contributed by atoms with Gasteiger partial charge in [0, 0.05) is 13.1 Å². The van der Waals surface area contributed by atoms with Crippen molar-refractivity contribution in [3.63, 3.8) is 0 Å². The molecule has 4 rings (SSSR count). The third-order valence-electron chi connectivity index (χ3n) is 5.87. The molecule has 1 aromatic heterocycles. The van der Waals surface area contributed by atoms with Gasteiger partial charge in [-0.25, -0.2) is 4.98 Å². The Morgan fingerprint density at radius 1 is 1.00 bits per heavy atom. The van der Waals surface area contributed by atoms with Gasteiger partial charge in [-0.05, 0) is 49.2 Å². The van der Waals surface area contributed by atoms with Crippen LogP contribution in [0, 0.1) is 0 Å². The Labute approximate surface area is 209 Å². The summed E-state index contributed by atoms with van der Waals surface area (Å²) in [6.45, 7) is 5.35. The summed E-state index contributed by atoms with van der Waals surface area (Å²) >= 11 is 1.32. The first-order chi connectivity index (χ1) is 17.0. The number of rotatable bonds is 9. The van der Waals surface area contributed by atoms with E-state index >= 15 is 0 Å². The van der Waals surface area contributed by atoms with Crippen LogP contribution < -0.4 is 10.3 Å². The van der Waals surface area contributed by atoms with Gasteiger partial charge in [0.15, 0.2) is 5.16 Å². The molecule has 0 aliphatic carbocycles. The summed E-state index contributed by atoms with van der Waals surface area (Å²) in [6.07, 6.45) is 0. The van der Waals surface area contributed by atoms with Gasteiger partial charge in [0.1, 0.15) is 5.75 Å². The number of thioether (sulfide) groups is 1. The van der Waals surface area contributed by atoms with Gasteiger partial charge in [0.05, 0.1) is 29.8 Å². The number of hydrogen-bond acceptors (Lipinski definition) is 5. The van der Waals surface area contributed by atoms with Crippen molar-refractivity contribution in [2.45, 2.75) is 37.3 Å². The number of nitrogens with zero attached hydrogens (tertiary/aromatic N) is 3. The van der Waals surface area contributed by atoms with E-state index in [0.717, 1.165) is 16.9 Å². The molecule has 1 unspecified atom stereocenters. The first-order valence-corrected chi connectivity index (χ1v) is 12.5. The maximum atomic E-state index is 13.4. The Morgan fingerprint density at radius 3 is 2.37 bits per heavy atom. The van der Waals surface area contributed by atoms with E-state index in [4.69, 9.17) is 9.72 Å². The normalized spacial score (nSPS) is 11.9. The summed E-state index contributed by atoms with van der Waals surface area (Å²) in [7, 11) is 1.62. The minimum Gasteiger partial charge on any atom is -0.497 e. The first-order valence-electron chi connectivity index (χ1n) is 11.6. The van der Waals surface area contributed by atoms with E-state index in [0.29, 0.717) is 35.7 Å². The quantitative estimate of drug-likeness (QED) is 0.246. The lowest BCUT2D eigenvalue weighted by Gasteiger charge is -2.25. The van der Waals surface area contributed by atoms with Gasteiger partial charge in [-0.1, -0.05) is 66.4 Å². The molecule has 0 N–H and O–H groups in total. The SMILES string of the molecule is CCN(Cc1ccccc1)C(=O)C(C)Sc1nc2ccccc2c(=O)n1Cc1ccc(OC)cc1. The number of aromatic nitrogens is 2. The van der Waals surface area contributed by atoms with Crippen LogP contribution in [0.5, 0.6) is 5.75 Å². The molecular formula is C28H29N3O3S. The molecule has 1 atom stereocenters. The average molecular weight is 488 g/mol. The summed E-state index contributed by atoms with van der Waals surface area (Å²) in [4.78, 5) is 33.4. The molecule has 3 aromatic carbocycles. The van der Waals surface area contributed by atoms with E-state index in [1.54, 1.807) is 17.7 Å². The highest BCUT2D eigenvalue weighted by Gasteiger charge is 2.23. The highest BCUT2D eigenvalue weighted by Crippen LogP contribution is 2.25. The Kier molecular flexibility index (Phi) is 7.87.